The second-order valence-electron chi connectivity index (χ2n) is 6.46. The van der Waals surface area contributed by atoms with E-state index in [-0.39, 0.29) is 0 Å². The zero-order chi connectivity index (χ0) is 13.9. The third-order valence-corrected chi connectivity index (χ3v) is 4.75. The maximum atomic E-state index is 4.78. The molecule has 0 radical (unpaired) electrons. The summed E-state index contributed by atoms with van der Waals surface area (Å²) in [5.74, 6) is 1.78. The molecule has 2 aliphatic rings. The van der Waals surface area contributed by atoms with Gasteiger partial charge < -0.3 is 10.2 Å². The van der Waals surface area contributed by atoms with E-state index in [2.05, 4.69) is 29.2 Å². The third kappa shape index (κ3) is 3.29. The van der Waals surface area contributed by atoms with Crippen LogP contribution in [0.1, 0.15) is 51.1 Å². The number of hydrogen-bond donors (Lipinski definition) is 1. The Morgan fingerprint density at radius 2 is 2.00 bits per heavy atom. The maximum Gasteiger partial charge on any atom is 0.147 e. The van der Waals surface area contributed by atoms with Crippen LogP contribution in [0.4, 0.5) is 5.82 Å². The molecule has 4 heteroatoms. The van der Waals surface area contributed by atoms with Crippen LogP contribution in [0.3, 0.4) is 0 Å². The summed E-state index contributed by atoms with van der Waals surface area (Å²) in [6.07, 6.45) is 11.8. The first-order valence-corrected chi connectivity index (χ1v) is 8.01. The van der Waals surface area contributed by atoms with E-state index in [0.717, 1.165) is 30.0 Å². The average molecular weight is 274 g/mol. The van der Waals surface area contributed by atoms with Crippen LogP contribution in [0, 0.1) is 5.92 Å². The number of anilines is 1. The van der Waals surface area contributed by atoms with Crippen LogP contribution in [0.5, 0.6) is 0 Å². The topological polar surface area (TPSA) is 41.1 Å². The summed E-state index contributed by atoms with van der Waals surface area (Å²) in [5.41, 5.74) is 1.06. The first kappa shape index (κ1) is 13.8. The molecule has 1 aromatic rings. The number of hydrogen-bond acceptors (Lipinski definition) is 4. The van der Waals surface area contributed by atoms with E-state index in [1.165, 1.54) is 38.5 Å². The first-order valence-electron chi connectivity index (χ1n) is 8.01. The summed E-state index contributed by atoms with van der Waals surface area (Å²) in [4.78, 5) is 11.5. The molecular weight excluding hydrogens is 248 g/mol. The summed E-state index contributed by atoms with van der Waals surface area (Å²) in [5, 5.41) is 3.51. The van der Waals surface area contributed by atoms with Crippen molar-refractivity contribution in [2.45, 2.75) is 64.1 Å². The van der Waals surface area contributed by atoms with Gasteiger partial charge in [-0.25, -0.2) is 4.98 Å². The normalized spacial score (nSPS) is 26.5. The van der Waals surface area contributed by atoms with E-state index in [9.17, 15) is 0 Å². The van der Waals surface area contributed by atoms with Crippen LogP contribution < -0.4 is 10.2 Å². The predicted octanol–water partition coefficient (Wildman–Crippen LogP) is 2.74. The van der Waals surface area contributed by atoms with E-state index in [0.29, 0.717) is 6.04 Å². The molecule has 2 atom stereocenters. The molecule has 0 aromatic carbocycles. The lowest BCUT2D eigenvalue weighted by molar-refractivity contribution is 0.320. The molecule has 2 fully saturated rings. The van der Waals surface area contributed by atoms with E-state index in [1.807, 2.05) is 12.4 Å². The molecule has 0 aliphatic heterocycles. The quantitative estimate of drug-likeness (QED) is 0.896. The van der Waals surface area contributed by atoms with E-state index in [4.69, 9.17) is 4.98 Å². The number of aromatic nitrogens is 2. The van der Waals surface area contributed by atoms with E-state index >= 15 is 0 Å². The van der Waals surface area contributed by atoms with Gasteiger partial charge in [0.25, 0.3) is 0 Å². The summed E-state index contributed by atoms with van der Waals surface area (Å²) in [6, 6.07) is 1.33. The van der Waals surface area contributed by atoms with Gasteiger partial charge in [-0.2, -0.15) is 0 Å². The summed E-state index contributed by atoms with van der Waals surface area (Å²) < 4.78 is 0. The third-order valence-electron chi connectivity index (χ3n) is 4.75. The molecule has 0 bridgehead atoms. The Labute approximate surface area is 122 Å². The Morgan fingerprint density at radius 1 is 1.20 bits per heavy atom. The van der Waals surface area contributed by atoms with Crippen molar-refractivity contribution in [3.05, 3.63) is 18.1 Å². The van der Waals surface area contributed by atoms with Gasteiger partial charge in [0.05, 0.1) is 11.9 Å². The summed E-state index contributed by atoms with van der Waals surface area (Å²) in [7, 11) is 2.18. The molecule has 4 nitrogen and oxygen atoms in total. The monoisotopic (exact) mass is 274 g/mol. The number of nitrogens with zero attached hydrogens (tertiary/aromatic N) is 3. The fraction of sp³-hybridized carbons (Fsp3) is 0.750. The number of nitrogens with one attached hydrogen (secondary N) is 1. The van der Waals surface area contributed by atoms with Crippen LogP contribution in [-0.2, 0) is 6.54 Å². The molecule has 1 aromatic heterocycles. The SMILES string of the molecule is CC1CCCCC1N(C)c1cncc(CNC2CC2)n1. The Morgan fingerprint density at radius 3 is 2.75 bits per heavy atom. The van der Waals surface area contributed by atoms with E-state index < -0.39 is 0 Å². The zero-order valence-electron chi connectivity index (χ0n) is 12.7. The van der Waals surface area contributed by atoms with Crippen molar-refractivity contribution in [3.63, 3.8) is 0 Å². The van der Waals surface area contributed by atoms with Crippen LogP contribution in [0.15, 0.2) is 12.4 Å². The van der Waals surface area contributed by atoms with Crippen molar-refractivity contribution in [1.29, 1.82) is 0 Å². The fourth-order valence-corrected chi connectivity index (χ4v) is 3.23. The molecule has 3 rings (SSSR count). The van der Waals surface area contributed by atoms with Crippen LogP contribution in [-0.4, -0.2) is 29.1 Å². The minimum atomic E-state index is 0.615. The maximum absolute atomic E-state index is 4.78. The second-order valence-corrected chi connectivity index (χ2v) is 6.46. The predicted molar refractivity (Wildman–Crippen MR) is 81.7 cm³/mol. The molecule has 2 saturated carbocycles. The molecule has 1 heterocycles. The van der Waals surface area contributed by atoms with Crippen molar-refractivity contribution in [3.8, 4) is 0 Å². The minimum absolute atomic E-state index is 0.615. The van der Waals surface area contributed by atoms with Crippen molar-refractivity contribution in [1.82, 2.24) is 15.3 Å². The van der Waals surface area contributed by atoms with Gasteiger partial charge in [0.15, 0.2) is 0 Å². The van der Waals surface area contributed by atoms with Crippen molar-refractivity contribution >= 4 is 5.82 Å². The van der Waals surface area contributed by atoms with E-state index in [1.54, 1.807) is 0 Å². The zero-order valence-corrected chi connectivity index (χ0v) is 12.7. The molecular formula is C16H26N4. The summed E-state index contributed by atoms with van der Waals surface area (Å²) in [6.45, 7) is 3.21. The van der Waals surface area contributed by atoms with Crippen molar-refractivity contribution in [2.24, 2.45) is 5.92 Å². The molecule has 1 N–H and O–H groups in total. The van der Waals surface area contributed by atoms with Crippen LogP contribution >= 0.6 is 0 Å². The Balaban J connectivity index is 1.66. The Hall–Kier alpha value is -1.16. The van der Waals surface area contributed by atoms with Crippen molar-refractivity contribution in [2.75, 3.05) is 11.9 Å². The lowest BCUT2D eigenvalue weighted by atomic mass is 9.85. The molecule has 0 amide bonds. The van der Waals surface area contributed by atoms with Gasteiger partial charge in [0, 0.05) is 31.9 Å². The largest absolute Gasteiger partial charge is 0.355 e. The fourth-order valence-electron chi connectivity index (χ4n) is 3.23. The van der Waals surface area contributed by atoms with Gasteiger partial charge in [0.1, 0.15) is 5.82 Å². The summed E-state index contributed by atoms with van der Waals surface area (Å²) >= 11 is 0. The van der Waals surface area contributed by atoms with Gasteiger partial charge in [-0.15, -0.1) is 0 Å². The highest BCUT2D eigenvalue weighted by atomic mass is 15.2. The van der Waals surface area contributed by atoms with Crippen LogP contribution in [0.2, 0.25) is 0 Å². The van der Waals surface area contributed by atoms with Crippen molar-refractivity contribution < 1.29 is 0 Å². The smallest absolute Gasteiger partial charge is 0.147 e. The molecule has 2 aliphatic carbocycles. The Kier molecular flexibility index (Phi) is 4.20. The van der Waals surface area contributed by atoms with Gasteiger partial charge >= 0.3 is 0 Å². The second kappa shape index (κ2) is 6.08. The highest BCUT2D eigenvalue weighted by Gasteiger charge is 2.26. The number of rotatable bonds is 5. The lowest BCUT2D eigenvalue weighted by Crippen LogP contribution is -2.39. The molecule has 0 saturated heterocycles. The van der Waals surface area contributed by atoms with Crippen LogP contribution in [0.25, 0.3) is 0 Å². The van der Waals surface area contributed by atoms with Gasteiger partial charge in [-0.3, -0.25) is 4.98 Å². The first-order chi connectivity index (χ1) is 9.74. The van der Waals surface area contributed by atoms with Gasteiger partial charge in [-0.1, -0.05) is 19.8 Å². The highest BCUT2D eigenvalue weighted by Crippen LogP contribution is 2.29. The standard InChI is InChI=1S/C16H26N4/c1-12-5-3-4-6-15(12)20(2)16-11-17-9-14(19-16)10-18-13-7-8-13/h9,11-13,15,18H,3-8,10H2,1-2H3. The molecule has 20 heavy (non-hydrogen) atoms. The molecule has 0 spiro atoms. The van der Waals surface area contributed by atoms with Gasteiger partial charge in [0.2, 0.25) is 0 Å². The molecule has 110 valence electrons. The average Bonchev–Trinajstić information content (AvgIpc) is 3.29. The molecule has 2 unspecified atom stereocenters. The minimum Gasteiger partial charge on any atom is -0.355 e. The van der Waals surface area contributed by atoms with Gasteiger partial charge in [-0.05, 0) is 31.6 Å². The Bertz CT molecular complexity index is 444. The lowest BCUT2D eigenvalue weighted by Gasteiger charge is -2.36. The highest BCUT2D eigenvalue weighted by molar-refractivity contribution is 5.37.